The molecule has 0 radical (unpaired) electrons. The zero-order chi connectivity index (χ0) is 12.8. The monoisotopic (exact) mass is 234 g/mol. The molecule has 0 fully saturated rings. The third-order valence-corrected chi connectivity index (χ3v) is 2.83. The Balaban J connectivity index is 2.70. The lowest BCUT2D eigenvalue weighted by Crippen LogP contribution is -2.20. The van der Waals surface area contributed by atoms with Crippen molar-refractivity contribution in [3.05, 3.63) is 29.3 Å². The number of rotatable bonds is 5. The molecule has 0 bridgehead atoms. The van der Waals surface area contributed by atoms with E-state index >= 15 is 0 Å². The molecule has 3 heteroatoms. The molecule has 1 aromatic carbocycles. The maximum Gasteiger partial charge on any atom is 0.224 e. The van der Waals surface area contributed by atoms with Gasteiger partial charge >= 0.3 is 0 Å². The first kappa shape index (κ1) is 13.7. The molecule has 1 unspecified atom stereocenters. The zero-order valence-electron chi connectivity index (χ0n) is 10.9. The summed E-state index contributed by atoms with van der Waals surface area (Å²) in [5.41, 5.74) is 8.89. The van der Waals surface area contributed by atoms with E-state index in [1.165, 1.54) is 5.56 Å². The van der Waals surface area contributed by atoms with E-state index in [1.54, 1.807) is 0 Å². The van der Waals surface area contributed by atoms with Crippen molar-refractivity contribution >= 4 is 11.6 Å². The average molecular weight is 234 g/mol. The number of anilines is 1. The third kappa shape index (κ3) is 4.19. The van der Waals surface area contributed by atoms with E-state index in [0.717, 1.165) is 24.1 Å². The molecule has 0 aliphatic rings. The molecule has 0 aromatic heterocycles. The number of carbonyl (C=O) groups excluding carboxylic acids is 1. The molecule has 3 N–H and O–H groups in total. The van der Waals surface area contributed by atoms with Gasteiger partial charge < -0.3 is 11.1 Å². The number of aryl methyl sites for hydroxylation is 2. The summed E-state index contributed by atoms with van der Waals surface area (Å²) in [5, 5.41) is 2.99. The number of hydrogen-bond acceptors (Lipinski definition) is 2. The van der Waals surface area contributed by atoms with E-state index in [4.69, 9.17) is 5.73 Å². The van der Waals surface area contributed by atoms with Crippen LogP contribution < -0.4 is 11.1 Å². The molecule has 1 atom stereocenters. The predicted molar refractivity (Wildman–Crippen MR) is 72.1 cm³/mol. The molecular weight excluding hydrogens is 212 g/mol. The highest BCUT2D eigenvalue weighted by Crippen LogP contribution is 2.21. The Hall–Kier alpha value is -1.35. The van der Waals surface area contributed by atoms with Gasteiger partial charge in [-0.1, -0.05) is 25.1 Å². The Morgan fingerprint density at radius 2 is 2.18 bits per heavy atom. The smallest absolute Gasteiger partial charge is 0.224 e. The van der Waals surface area contributed by atoms with Gasteiger partial charge in [-0.25, -0.2) is 0 Å². The summed E-state index contributed by atoms with van der Waals surface area (Å²) in [6.07, 6.45) is 2.12. The molecular formula is C14H22N2O. The molecule has 3 nitrogen and oxygen atoms in total. The van der Waals surface area contributed by atoms with Crippen molar-refractivity contribution in [1.29, 1.82) is 0 Å². The van der Waals surface area contributed by atoms with Crippen LogP contribution in [0.2, 0.25) is 0 Å². The summed E-state index contributed by atoms with van der Waals surface area (Å²) in [6.45, 7) is 6.02. The number of nitrogens with one attached hydrogen (secondary N) is 1. The first-order valence-corrected chi connectivity index (χ1v) is 6.18. The number of para-hydroxylation sites is 1. The molecule has 0 heterocycles. The highest BCUT2D eigenvalue weighted by atomic mass is 16.1. The van der Waals surface area contributed by atoms with E-state index in [1.807, 2.05) is 32.0 Å². The molecule has 1 rings (SSSR count). The van der Waals surface area contributed by atoms with Crippen molar-refractivity contribution in [2.75, 3.05) is 5.32 Å². The second-order valence-electron chi connectivity index (χ2n) is 4.53. The Kier molecular flexibility index (Phi) is 5.16. The lowest BCUT2D eigenvalue weighted by Gasteiger charge is -2.13. The van der Waals surface area contributed by atoms with Gasteiger partial charge in [0.2, 0.25) is 5.91 Å². The molecule has 0 saturated carbocycles. The quantitative estimate of drug-likeness (QED) is 0.823. The average Bonchev–Trinajstić information content (AvgIpc) is 2.29. The molecule has 1 aromatic rings. The second-order valence-corrected chi connectivity index (χ2v) is 4.53. The van der Waals surface area contributed by atoms with Gasteiger partial charge in [0.25, 0.3) is 0 Å². The minimum Gasteiger partial charge on any atom is -0.328 e. The standard InChI is InChI=1S/C14H22N2O/c1-4-12-7-5-6-10(2)14(12)16-13(17)9-8-11(3)15/h5-7,11H,4,8-9,15H2,1-3H3,(H,16,17). The Morgan fingerprint density at radius 3 is 2.76 bits per heavy atom. The summed E-state index contributed by atoms with van der Waals surface area (Å²) in [5.74, 6) is 0.0475. The zero-order valence-corrected chi connectivity index (χ0v) is 10.9. The fourth-order valence-corrected chi connectivity index (χ4v) is 1.76. The summed E-state index contributed by atoms with van der Waals surface area (Å²) in [4.78, 5) is 11.8. The van der Waals surface area contributed by atoms with Crippen molar-refractivity contribution in [3.8, 4) is 0 Å². The number of nitrogens with two attached hydrogens (primary N) is 1. The van der Waals surface area contributed by atoms with Crippen LogP contribution in [0, 0.1) is 6.92 Å². The van der Waals surface area contributed by atoms with Crippen molar-refractivity contribution in [1.82, 2.24) is 0 Å². The van der Waals surface area contributed by atoms with Crippen LogP contribution in [0.3, 0.4) is 0 Å². The van der Waals surface area contributed by atoms with Crippen molar-refractivity contribution < 1.29 is 4.79 Å². The highest BCUT2D eigenvalue weighted by Gasteiger charge is 2.08. The minimum absolute atomic E-state index is 0.0475. The van der Waals surface area contributed by atoms with Gasteiger partial charge in [0, 0.05) is 18.2 Å². The maximum absolute atomic E-state index is 11.8. The summed E-state index contributed by atoms with van der Waals surface area (Å²) in [6, 6.07) is 6.16. The molecule has 17 heavy (non-hydrogen) atoms. The first-order valence-electron chi connectivity index (χ1n) is 6.18. The van der Waals surface area contributed by atoms with Crippen LogP contribution in [0.15, 0.2) is 18.2 Å². The lowest BCUT2D eigenvalue weighted by molar-refractivity contribution is -0.116. The number of benzene rings is 1. The largest absolute Gasteiger partial charge is 0.328 e. The normalized spacial score (nSPS) is 12.2. The highest BCUT2D eigenvalue weighted by molar-refractivity contribution is 5.92. The van der Waals surface area contributed by atoms with Crippen molar-refractivity contribution in [2.45, 2.75) is 46.1 Å². The van der Waals surface area contributed by atoms with Crippen LogP contribution in [0.4, 0.5) is 5.69 Å². The third-order valence-electron chi connectivity index (χ3n) is 2.83. The van der Waals surface area contributed by atoms with Gasteiger partial charge in [-0.05, 0) is 37.8 Å². The van der Waals surface area contributed by atoms with Crippen LogP contribution in [0.25, 0.3) is 0 Å². The van der Waals surface area contributed by atoms with E-state index in [9.17, 15) is 4.79 Å². The molecule has 0 saturated heterocycles. The number of hydrogen-bond donors (Lipinski definition) is 2. The second kappa shape index (κ2) is 6.40. The van der Waals surface area contributed by atoms with Crippen LogP contribution in [0.1, 0.15) is 37.8 Å². The Labute approximate surface area is 103 Å². The van der Waals surface area contributed by atoms with Crippen molar-refractivity contribution in [2.24, 2.45) is 5.73 Å². The van der Waals surface area contributed by atoms with Gasteiger partial charge in [-0.2, -0.15) is 0 Å². The number of amides is 1. The van der Waals surface area contributed by atoms with Gasteiger partial charge in [0.15, 0.2) is 0 Å². The van der Waals surface area contributed by atoms with Crippen molar-refractivity contribution in [3.63, 3.8) is 0 Å². The fraction of sp³-hybridized carbons (Fsp3) is 0.500. The van der Waals surface area contributed by atoms with Crippen LogP contribution in [-0.4, -0.2) is 11.9 Å². The topological polar surface area (TPSA) is 55.1 Å². The van der Waals surface area contributed by atoms with Gasteiger partial charge in [-0.15, -0.1) is 0 Å². The van der Waals surface area contributed by atoms with E-state index < -0.39 is 0 Å². The van der Waals surface area contributed by atoms with E-state index in [0.29, 0.717) is 6.42 Å². The summed E-state index contributed by atoms with van der Waals surface area (Å²) >= 11 is 0. The summed E-state index contributed by atoms with van der Waals surface area (Å²) < 4.78 is 0. The van der Waals surface area contributed by atoms with E-state index in [-0.39, 0.29) is 11.9 Å². The number of carbonyl (C=O) groups is 1. The Morgan fingerprint density at radius 1 is 1.47 bits per heavy atom. The minimum atomic E-state index is 0.0475. The molecule has 1 amide bonds. The van der Waals surface area contributed by atoms with E-state index in [2.05, 4.69) is 12.2 Å². The summed E-state index contributed by atoms with van der Waals surface area (Å²) in [7, 11) is 0. The molecule has 94 valence electrons. The maximum atomic E-state index is 11.8. The van der Waals surface area contributed by atoms with Gasteiger partial charge in [0.05, 0.1) is 0 Å². The molecule has 0 spiro atoms. The Bertz CT molecular complexity index is 386. The van der Waals surface area contributed by atoms with Gasteiger partial charge in [-0.3, -0.25) is 4.79 Å². The van der Waals surface area contributed by atoms with Crippen LogP contribution >= 0.6 is 0 Å². The van der Waals surface area contributed by atoms with Crippen LogP contribution in [0.5, 0.6) is 0 Å². The molecule has 0 aliphatic heterocycles. The fourth-order valence-electron chi connectivity index (χ4n) is 1.76. The lowest BCUT2D eigenvalue weighted by atomic mass is 10.1. The van der Waals surface area contributed by atoms with Crippen LogP contribution in [-0.2, 0) is 11.2 Å². The first-order chi connectivity index (χ1) is 8.04. The predicted octanol–water partition coefficient (Wildman–Crippen LogP) is 2.62. The molecule has 0 aliphatic carbocycles. The van der Waals surface area contributed by atoms with Gasteiger partial charge in [0.1, 0.15) is 0 Å². The SMILES string of the molecule is CCc1cccc(C)c1NC(=O)CCC(C)N.